The molecule has 0 aliphatic carbocycles. The molecule has 1 heterocycles. The van der Waals surface area contributed by atoms with E-state index in [1.54, 1.807) is 0 Å². The van der Waals surface area contributed by atoms with Crippen molar-refractivity contribution in [3.63, 3.8) is 0 Å². The second-order valence-electron chi connectivity index (χ2n) is 1.76. The average Bonchev–Trinajstić information content (AvgIpc) is 1.69. The van der Waals surface area contributed by atoms with Gasteiger partial charge in [-0.05, 0) is 19.0 Å². The van der Waals surface area contributed by atoms with Crippen molar-refractivity contribution < 1.29 is 0 Å². The van der Waals surface area contributed by atoms with Crippen LogP contribution in [0.1, 0.15) is 13.8 Å². The van der Waals surface area contributed by atoms with Crippen LogP contribution in [0.3, 0.4) is 0 Å². The van der Waals surface area contributed by atoms with E-state index in [0.29, 0.717) is 0 Å². The van der Waals surface area contributed by atoms with Gasteiger partial charge in [-0.2, -0.15) is 0 Å². The van der Waals surface area contributed by atoms with Gasteiger partial charge in [0.15, 0.2) is 0 Å². The van der Waals surface area contributed by atoms with Crippen LogP contribution in [-0.2, 0) is 0 Å². The number of hydrogen-bond donors (Lipinski definition) is 1. The highest BCUT2D eigenvalue weighted by molar-refractivity contribution is 6.08. The van der Waals surface area contributed by atoms with Gasteiger partial charge in [-0.15, -0.1) is 0 Å². The van der Waals surface area contributed by atoms with E-state index in [-0.39, 0.29) is 0 Å². The fourth-order valence-electron chi connectivity index (χ4n) is 0.515. The van der Waals surface area contributed by atoms with Crippen LogP contribution in [0, 0.1) is 5.92 Å². The Morgan fingerprint density at radius 1 is 1.50 bits per heavy atom. The predicted molar refractivity (Wildman–Crippen MR) is 38.3 cm³/mol. The topological polar surface area (TPSA) is 12.0 Å². The Kier molecular flexibility index (Phi) is 5.18. The van der Waals surface area contributed by atoms with E-state index < -0.39 is 0 Å². The van der Waals surface area contributed by atoms with Crippen LogP contribution in [0.5, 0.6) is 0 Å². The molecule has 2 heteroatoms. The SMILES string of the molecule is CC.[B]CC1CNC1. The third-order valence-electron chi connectivity index (χ3n) is 1.20. The van der Waals surface area contributed by atoms with Crippen LogP contribution in [0.2, 0.25) is 6.32 Å². The zero-order valence-corrected chi connectivity index (χ0v) is 5.78. The first kappa shape index (κ1) is 8.02. The van der Waals surface area contributed by atoms with Crippen LogP contribution in [-0.4, -0.2) is 20.9 Å². The first-order valence-corrected chi connectivity index (χ1v) is 3.34. The van der Waals surface area contributed by atoms with Crippen molar-refractivity contribution >= 4 is 7.85 Å². The largest absolute Gasteiger partial charge is 0.316 e. The lowest BCUT2D eigenvalue weighted by Gasteiger charge is -2.25. The van der Waals surface area contributed by atoms with Crippen molar-refractivity contribution in [2.45, 2.75) is 20.2 Å². The van der Waals surface area contributed by atoms with E-state index in [4.69, 9.17) is 7.85 Å². The zero-order valence-electron chi connectivity index (χ0n) is 5.78. The second kappa shape index (κ2) is 5.17. The van der Waals surface area contributed by atoms with E-state index in [0.717, 1.165) is 25.3 Å². The highest BCUT2D eigenvalue weighted by Gasteiger charge is 2.11. The normalized spacial score (nSPS) is 18.2. The molecule has 1 N–H and O–H groups in total. The summed E-state index contributed by atoms with van der Waals surface area (Å²) in [5.74, 6) is 0.782. The first-order chi connectivity index (χ1) is 3.93. The predicted octanol–water partition coefficient (Wildman–Crippen LogP) is 0.819. The van der Waals surface area contributed by atoms with Crippen molar-refractivity contribution in [3.8, 4) is 0 Å². The Hall–Kier alpha value is 0.0249. The molecular weight excluding hydrogens is 96.9 g/mol. The van der Waals surface area contributed by atoms with Gasteiger partial charge in [-0.1, -0.05) is 20.2 Å². The molecule has 1 saturated heterocycles. The summed E-state index contributed by atoms with van der Waals surface area (Å²) in [6.07, 6.45) is 0.854. The molecule has 0 saturated carbocycles. The van der Waals surface area contributed by atoms with Crippen LogP contribution >= 0.6 is 0 Å². The van der Waals surface area contributed by atoms with Crippen molar-refractivity contribution in [3.05, 3.63) is 0 Å². The van der Waals surface area contributed by atoms with Crippen LogP contribution in [0.4, 0.5) is 0 Å². The fourth-order valence-corrected chi connectivity index (χ4v) is 0.515. The van der Waals surface area contributed by atoms with Crippen LogP contribution in [0.25, 0.3) is 0 Å². The summed E-state index contributed by atoms with van der Waals surface area (Å²) in [4.78, 5) is 0. The molecule has 1 aliphatic heterocycles. The summed E-state index contributed by atoms with van der Waals surface area (Å²) in [7, 11) is 5.29. The molecule has 0 atom stereocenters. The molecule has 0 aromatic heterocycles. The first-order valence-electron chi connectivity index (χ1n) is 3.34. The Balaban J connectivity index is 0.000000222. The third-order valence-corrected chi connectivity index (χ3v) is 1.20. The average molecular weight is 111 g/mol. The summed E-state index contributed by atoms with van der Waals surface area (Å²) in [5.41, 5.74) is 0. The maximum absolute atomic E-state index is 5.29. The van der Waals surface area contributed by atoms with Gasteiger partial charge in [0.05, 0.1) is 7.85 Å². The molecule has 0 aromatic rings. The van der Waals surface area contributed by atoms with Gasteiger partial charge in [-0.25, -0.2) is 0 Å². The van der Waals surface area contributed by atoms with Gasteiger partial charge < -0.3 is 5.32 Å². The summed E-state index contributed by atoms with van der Waals surface area (Å²) >= 11 is 0. The minimum Gasteiger partial charge on any atom is -0.316 e. The summed E-state index contributed by atoms with van der Waals surface area (Å²) in [5, 5.41) is 3.13. The lowest BCUT2D eigenvalue weighted by atomic mass is 9.87. The molecule has 1 rings (SSSR count). The number of hydrogen-bond acceptors (Lipinski definition) is 1. The molecule has 0 aromatic carbocycles. The quantitative estimate of drug-likeness (QED) is 0.494. The molecule has 2 radical (unpaired) electrons. The smallest absolute Gasteiger partial charge is 0.0658 e. The number of rotatable bonds is 1. The Labute approximate surface area is 53.3 Å². The summed E-state index contributed by atoms with van der Waals surface area (Å²) in [6, 6.07) is 0. The van der Waals surface area contributed by atoms with Gasteiger partial charge in [0.25, 0.3) is 0 Å². The van der Waals surface area contributed by atoms with Gasteiger partial charge in [0, 0.05) is 0 Å². The maximum Gasteiger partial charge on any atom is 0.0658 e. The molecule has 1 nitrogen and oxygen atoms in total. The second-order valence-corrected chi connectivity index (χ2v) is 1.76. The van der Waals surface area contributed by atoms with Crippen molar-refractivity contribution in [2.24, 2.45) is 5.92 Å². The lowest BCUT2D eigenvalue weighted by Crippen LogP contribution is -2.41. The maximum atomic E-state index is 5.29. The van der Waals surface area contributed by atoms with Crippen LogP contribution < -0.4 is 5.32 Å². The highest BCUT2D eigenvalue weighted by atomic mass is 14.9. The van der Waals surface area contributed by atoms with Gasteiger partial charge in [0.1, 0.15) is 0 Å². The van der Waals surface area contributed by atoms with Crippen molar-refractivity contribution in [2.75, 3.05) is 13.1 Å². The monoisotopic (exact) mass is 111 g/mol. The van der Waals surface area contributed by atoms with Crippen LogP contribution in [0.15, 0.2) is 0 Å². The molecule has 1 fully saturated rings. The third kappa shape index (κ3) is 2.36. The Morgan fingerprint density at radius 2 is 2.00 bits per heavy atom. The van der Waals surface area contributed by atoms with Gasteiger partial charge in [0.2, 0.25) is 0 Å². The molecule has 0 spiro atoms. The molecule has 46 valence electrons. The summed E-state index contributed by atoms with van der Waals surface area (Å²) < 4.78 is 0. The van der Waals surface area contributed by atoms with E-state index in [1.165, 1.54) is 0 Å². The molecule has 8 heavy (non-hydrogen) atoms. The molecule has 1 aliphatic rings. The zero-order chi connectivity index (χ0) is 6.41. The van der Waals surface area contributed by atoms with E-state index in [2.05, 4.69) is 5.32 Å². The molecule has 0 amide bonds. The standard InChI is InChI=1S/C4H8BN.C2H6/c5-1-4-2-6-3-4;1-2/h4,6H,1-3H2;1-2H3. The van der Waals surface area contributed by atoms with E-state index >= 15 is 0 Å². The van der Waals surface area contributed by atoms with Crippen molar-refractivity contribution in [1.29, 1.82) is 0 Å². The Bertz CT molecular complexity index is 41.0. The fraction of sp³-hybridized carbons (Fsp3) is 1.00. The minimum atomic E-state index is 0.782. The summed E-state index contributed by atoms with van der Waals surface area (Å²) in [6.45, 7) is 6.27. The molecule has 0 bridgehead atoms. The van der Waals surface area contributed by atoms with E-state index in [9.17, 15) is 0 Å². The number of nitrogens with one attached hydrogen (secondary N) is 1. The molecular formula is C6H14BN. The molecule has 0 unspecified atom stereocenters. The van der Waals surface area contributed by atoms with Crippen molar-refractivity contribution in [1.82, 2.24) is 5.32 Å². The minimum absolute atomic E-state index is 0.782. The van der Waals surface area contributed by atoms with Gasteiger partial charge >= 0.3 is 0 Å². The highest BCUT2D eigenvalue weighted by Crippen LogP contribution is 2.04. The van der Waals surface area contributed by atoms with Gasteiger partial charge in [-0.3, -0.25) is 0 Å². The lowest BCUT2D eigenvalue weighted by molar-refractivity contribution is 0.379. The Morgan fingerprint density at radius 3 is 2.00 bits per heavy atom. The van der Waals surface area contributed by atoms with E-state index in [1.807, 2.05) is 13.8 Å².